The lowest BCUT2D eigenvalue weighted by atomic mass is 9.62. The molecule has 0 aliphatic carbocycles. The van der Waals surface area contributed by atoms with Crippen LogP contribution in [0.25, 0.3) is 0 Å². The first-order valence-corrected chi connectivity index (χ1v) is 10.2. The molecule has 2 aliphatic rings. The molecule has 0 spiro atoms. The van der Waals surface area contributed by atoms with Crippen LogP contribution in [-0.4, -0.2) is 28.8 Å². The van der Waals surface area contributed by atoms with Gasteiger partial charge in [0, 0.05) is 25.6 Å². The number of fused-ring (bicyclic) bond motifs is 5. The first kappa shape index (κ1) is 20.1. The molecule has 3 atom stereocenters. The van der Waals surface area contributed by atoms with Gasteiger partial charge in [0.25, 0.3) is 5.56 Å². The molecule has 0 radical (unpaired) electrons. The lowest BCUT2D eigenvalue weighted by Gasteiger charge is -2.49. The van der Waals surface area contributed by atoms with Gasteiger partial charge in [-0.3, -0.25) is 18.7 Å². The van der Waals surface area contributed by atoms with E-state index in [9.17, 15) is 14.4 Å². The second-order valence-corrected chi connectivity index (χ2v) is 8.12. The zero-order valence-electron chi connectivity index (χ0n) is 17.9. The van der Waals surface area contributed by atoms with Crippen molar-refractivity contribution < 1.29 is 19.0 Å². The van der Waals surface area contributed by atoms with Crippen molar-refractivity contribution in [2.24, 2.45) is 19.5 Å². The summed E-state index contributed by atoms with van der Waals surface area (Å²) in [5.74, 6) is -0.562. The van der Waals surface area contributed by atoms with Gasteiger partial charge in [0.1, 0.15) is 18.5 Å². The predicted octanol–water partition coefficient (Wildman–Crippen LogP) is 1.90. The third kappa shape index (κ3) is 2.52. The minimum absolute atomic E-state index is 0.0493. The normalized spacial score (nSPS) is 23.1. The molecule has 32 heavy (non-hydrogen) atoms. The van der Waals surface area contributed by atoms with Gasteiger partial charge >= 0.3 is 11.7 Å². The number of esters is 1. The molecule has 1 aromatic heterocycles. The molecule has 0 unspecified atom stereocenters. The van der Waals surface area contributed by atoms with E-state index in [1.54, 1.807) is 13.1 Å². The lowest BCUT2D eigenvalue weighted by Crippen LogP contribution is -2.57. The number of rotatable bonds is 2. The quantitative estimate of drug-likeness (QED) is 0.573. The summed E-state index contributed by atoms with van der Waals surface area (Å²) in [6.07, 6.45) is -0.847. The number of para-hydroxylation sites is 1. The van der Waals surface area contributed by atoms with Crippen molar-refractivity contribution in [1.82, 2.24) is 9.13 Å². The topological polar surface area (TPSA) is 88.8 Å². The van der Waals surface area contributed by atoms with Gasteiger partial charge in [-0.25, -0.2) is 4.79 Å². The van der Waals surface area contributed by atoms with E-state index in [0.717, 1.165) is 4.57 Å². The fraction of sp³-hybridized carbons (Fsp3) is 0.292. The van der Waals surface area contributed by atoms with Gasteiger partial charge in [0.05, 0.1) is 12.7 Å². The van der Waals surface area contributed by atoms with E-state index in [2.05, 4.69) is 0 Å². The van der Waals surface area contributed by atoms with E-state index in [-0.39, 0.29) is 18.1 Å². The SMILES string of the molecule is COC(=O)[C@]12COc3ccccc3[C@H]1c1c(n(C)c(=O)n(C)c1=O)O[C@H]2c1ccccc1. The molecule has 3 heterocycles. The summed E-state index contributed by atoms with van der Waals surface area (Å²) in [5, 5.41) is 0. The highest BCUT2D eigenvalue weighted by Crippen LogP contribution is 2.59. The van der Waals surface area contributed by atoms with Crippen LogP contribution in [0.2, 0.25) is 0 Å². The van der Waals surface area contributed by atoms with E-state index < -0.39 is 34.7 Å². The molecule has 0 fully saturated rings. The van der Waals surface area contributed by atoms with Crippen molar-refractivity contribution in [1.29, 1.82) is 0 Å². The second-order valence-electron chi connectivity index (χ2n) is 8.12. The van der Waals surface area contributed by atoms with Gasteiger partial charge in [-0.15, -0.1) is 0 Å². The fourth-order valence-electron chi connectivity index (χ4n) is 4.97. The van der Waals surface area contributed by atoms with Crippen LogP contribution in [0, 0.1) is 5.41 Å². The number of carbonyl (C=O) groups is 1. The van der Waals surface area contributed by atoms with Gasteiger partial charge in [0.2, 0.25) is 5.88 Å². The Morgan fingerprint density at radius 1 is 1.03 bits per heavy atom. The molecule has 8 heteroatoms. The first-order chi connectivity index (χ1) is 15.4. The Hall–Kier alpha value is -3.81. The summed E-state index contributed by atoms with van der Waals surface area (Å²) in [5.41, 5.74) is -0.768. The number of hydrogen-bond acceptors (Lipinski definition) is 6. The van der Waals surface area contributed by atoms with Crippen molar-refractivity contribution in [3.05, 3.63) is 92.1 Å². The minimum Gasteiger partial charge on any atom is -0.492 e. The highest BCUT2D eigenvalue weighted by molar-refractivity contribution is 5.82. The minimum atomic E-state index is -1.37. The van der Waals surface area contributed by atoms with Crippen LogP contribution in [0.1, 0.15) is 28.7 Å². The van der Waals surface area contributed by atoms with Gasteiger partial charge in [0.15, 0.2) is 5.41 Å². The fourth-order valence-corrected chi connectivity index (χ4v) is 4.97. The van der Waals surface area contributed by atoms with E-state index in [1.807, 2.05) is 48.5 Å². The predicted molar refractivity (Wildman–Crippen MR) is 115 cm³/mol. The Morgan fingerprint density at radius 3 is 2.44 bits per heavy atom. The van der Waals surface area contributed by atoms with E-state index in [4.69, 9.17) is 14.2 Å². The summed E-state index contributed by atoms with van der Waals surface area (Å²) >= 11 is 0. The van der Waals surface area contributed by atoms with Crippen LogP contribution in [-0.2, 0) is 23.6 Å². The molecule has 164 valence electrons. The first-order valence-electron chi connectivity index (χ1n) is 10.2. The maximum atomic E-state index is 13.5. The number of benzene rings is 2. The average molecular weight is 434 g/mol. The third-order valence-electron chi connectivity index (χ3n) is 6.51. The van der Waals surface area contributed by atoms with E-state index in [0.29, 0.717) is 16.9 Å². The number of hydrogen-bond donors (Lipinski definition) is 0. The van der Waals surface area contributed by atoms with Crippen molar-refractivity contribution in [3.8, 4) is 11.6 Å². The Balaban J connectivity index is 1.93. The molecule has 5 rings (SSSR count). The van der Waals surface area contributed by atoms with Crippen LogP contribution in [0.15, 0.2) is 64.2 Å². The van der Waals surface area contributed by atoms with Gasteiger partial charge in [-0.2, -0.15) is 0 Å². The summed E-state index contributed by atoms with van der Waals surface area (Å²) < 4.78 is 20.0. The van der Waals surface area contributed by atoms with E-state index in [1.165, 1.54) is 18.7 Å². The number of nitrogens with zero attached hydrogens (tertiary/aromatic N) is 2. The maximum absolute atomic E-state index is 13.5. The zero-order chi connectivity index (χ0) is 22.6. The summed E-state index contributed by atoms with van der Waals surface area (Å²) in [4.78, 5) is 39.6. The van der Waals surface area contributed by atoms with Crippen molar-refractivity contribution >= 4 is 5.97 Å². The molecule has 0 bridgehead atoms. The molecule has 0 saturated carbocycles. The standard InChI is InChI=1S/C24H22N2O6/c1-25-20(27)17-18-15-11-7-8-12-16(15)31-13-24(18,22(28)30-3)19(14-9-5-4-6-10-14)32-21(17)26(2)23(25)29/h4-12,18-19H,13H2,1-3H3/t18-,19-,24+/m0/s1. The molecule has 0 amide bonds. The highest BCUT2D eigenvalue weighted by Gasteiger charge is 2.63. The van der Waals surface area contributed by atoms with Crippen LogP contribution in [0.5, 0.6) is 11.6 Å². The van der Waals surface area contributed by atoms with Crippen LogP contribution < -0.4 is 20.7 Å². The summed E-state index contributed by atoms with van der Waals surface area (Å²) in [6, 6.07) is 16.5. The van der Waals surface area contributed by atoms with Crippen molar-refractivity contribution in [2.45, 2.75) is 12.0 Å². The zero-order valence-corrected chi connectivity index (χ0v) is 17.9. The second kappa shape index (κ2) is 7.12. The Morgan fingerprint density at radius 2 is 1.72 bits per heavy atom. The monoisotopic (exact) mass is 434 g/mol. The number of carbonyl (C=O) groups excluding carboxylic acids is 1. The van der Waals surface area contributed by atoms with Gasteiger partial charge in [-0.1, -0.05) is 48.5 Å². The largest absolute Gasteiger partial charge is 0.492 e. The lowest BCUT2D eigenvalue weighted by molar-refractivity contribution is -0.168. The summed E-state index contributed by atoms with van der Waals surface area (Å²) in [7, 11) is 4.28. The Kier molecular flexibility index (Phi) is 4.47. The number of ether oxygens (including phenoxy) is 3. The Labute approximate surface area is 183 Å². The maximum Gasteiger partial charge on any atom is 0.333 e. The smallest absolute Gasteiger partial charge is 0.333 e. The average Bonchev–Trinajstić information content (AvgIpc) is 2.84. The molecule has 3 aromatic rings. The third-order valence-corrected chi connectivity index (χ3v) is 6.51. The van der Waals surface area contributed by atoms with Crippen LogP contribution >= 0.6 is 0 Å². The van der Waals surface area contributed by atoms with E-state index >= 15 is 0 Å². The molecule has 2 aliphatic heterocycles. The molecular formula is C24H22N2O6. The molecule has 8 nitrogen and oxygen atoms in total. The highest BCUT2D eigenvalue weighted by atomic mass is 16.5. The molecule has 0 N–H and O–H groups in total. The van der Waals surface area contributed by atoms with Crippen molar-refractivity contribution in [3.63, 3.8) is 0 Å². The van der Waals surface area contributed by atoms with Crippen molar-refractivity contribution in [2.75, 3.05) is 13.7 Å². The van der Waals surface area contributed by atoms with Gasteiger partial charge in [-0.05, 0) is 11.6 Å². The van der Waals surface area contributed by atoms with Crippen LogP contribution in [0.3, 0.4) is 0 Å². The molecular weight excluding hydrogens is 412 g/mol. The Bertz CT molecular complexity index is 1340. The van der Waals surface area contributed by atoms with Crippen LogP contribution in [0.4, 0.5) is 0 Å². The molecule has 0 saturated heterocycles. The molecule has 2 aromatic carbocycles. The van der Waals surface area contributed by atoms with Gasteiger partial charge < -0.3 is 14.2 Å². The summed E-state index contributed by atoms with van der Waals surface area (Å²) in [6.45, 7) is -0.0493. The number of aromatic nitrogens is 2. The number of methoxy groups -OCH3 is 1.